The van der Waals surface area contributed by atoms with Gasteiger partial charge in [0.2, 0.25) is 0 Å². The lowest BCUT2D eigenvalue weighted by atomic mass is 10.1. The predicted octanol–water partition coefficient (Wildman–Crippen LogP) is 2.02. The Labute approximate surface area is 130 Å². The van der Waals surface area contributed by atoms with Gasteiger partial charge in [0.15, 0.2) is 0 Å². The Kier molecular flexibility index (Phi) is 5.22. The SMILES string of the molecule is CCc1nnc(C)cc1C(=O)N(CC(N)=S)C1CCCC1. The smallest absolute Gasteiger partial charge is 0.256 e. The average molecular weight is 306 g/mol. The average Bonchev–Trinajstić information content (AvgIpc) is 2.97. The number of rotatable bonds is 5. The van der Waals surface area contributed by atoms with Gasteiger partial charge in [-0.25, -0.2) is 0 Å². The van der Waals surface area contributed by atoms with E-state index in [-0.39, 0.29) is 11.9 Å². The number of hydrogen-bond acceptors (Lipinski definition) is 4. The van der Waals surface area contributed by atoms with Crippen LogP contribution in [0.4, 0.5) is 0 Å². The molecule has 1 heterocycles. The van der Waals surface area contributed by atoms with Crippen molar-refractivity contribution in [1.29, 1.82) is 0 Å². The molecule has 1 aliphatic carbocycles. The molecule has 1 saturated carbocycles. The van der Waals surface area contributed by atoms with Crippen LogP contribution >= 0.6 is 12.2 Å². The minimum Gasteiger partial charge on any atom is -0.392 e. The van der Waals surface area contributed by atoms with Gasteiger partial charge in [0.25, 0.3) is 5.91 Å². The first kappa shape index (κ1) is 15.8. The molecule has 0 unspecified atom stereocenters. The van der Waals surface area contributed by atoms with Crippen LogP contribution in [0.25, 0.3) is 0 Å². The van der Waals surface area contributed by atoms with Crippen LogP contribution in [-0.4, -0.2) is 38.6 Å². The van der Waals surface area contributed by atoms with Gasteiger partial charge >= 0.3 is 0 Å². The summed E-state index contributed by atoms with van der Waals surface area (Å²) in [4.78, 5) is 15.1. The van der Waals surface area contributed by atoms with Crippen molar-refractivity contribution in [3.8, 4) is 0 Å². The lowest BCUT2D eigenvalue weighted by Gasteiger charge is -2.29. The van der Waals surface area contributed by atoms with Crippen molar-refractivity contribution < 1.29 is 4.79 Å². The molecule has 1 fully saturated rings. The highest BCUT2D eigenvalue weighted by atomic mass is 32.1. The third kappa shape index (κ3) is 3.75. The molecule has 1 aromatic rings. The molecule has 0 atom stereocenters. The first-order valence-corrected chi connectivity index (χ1v) is 7.86. The fraction of sp³-hybridized carbons (Fsp3) is 0.600. The summed E-state index contributed by atoms with van der Waals surface area (Å²) in [6.07, 6.45) is 5.03. The number of nitrogens with two attached hydrogens (primary N) is 1. The van der Waals surface area contributed by atoms with Crippen LogP contribution < -0.4 is 5.73 Å². The number of carbonyl (C=O) groups is 1. The Morgan fingerprint density at radius 3 is 2.67 bits per heavy atom. The minimum atomic E-state index is -0.0236. The van der Waals surface area contributed by atoms with Crippen LogP contribution in [0.1, 0.15) is 54.4 Å². The second-order valence-electron chi connectivity index (χ2n) is 5.54. The maximum Gasteiger partial charge on any atom is 0.256 e. The van der Waals surface area contributed by atoms with Crippen molar-refractivity contribution in [3.63, 3.8) is 0 Å². The maximum atomic E-state index is 12.9. The molecule has 2 rings (SSSR count). The number of hydrogen-bond donors (Lipinski definition) is 1. The van der Waals surface area contributed by atoms with Crippen molar-refractivity contribution in [1.82, 2.24) is 15.1 Å². The minimum absolute atomic E-state index is 0.0236. The lowest BCUT2D eigenvalue weighted by molar-refractivity contribution is 0.0712. The summed E-state index contributed by atoms with van der Waals surface area (Å²) in [6.45, 7) is 4.16. The monoisotopic (exact) mass is 306 g/mol. The fourth-order valence-corrected chi connectivity index (χ4v) is 3.00. The highest BCUT2D eigenvalue weighted by Gasteiger charge is 2.29. The Morgan fingerprint density at radius 2 is 2.10 bits per heavy atom. The summed E-state index contributed by atoms with van der Waals surface area (Å²) in [5, 5.41) is 8.18. The normalized spacial score (nSPS) is 15.1. The van der Waals surface area contributed by atoms with Crippen molar-refractivity contribution in [2.24, 2.45) is 5.73 Å². The van der Waals surface area contributed by atoms with Gasteiger partial charge in [0.1, 0.15) is 0 Å². The van der Waals surface area contributed by atoms with Gasteiger partial charge in [0, 0.05) is 6.04 Å². The number of aromatic nitrogens is 2. The van der Waals surface area contributed by atoms with E-state index < -0.39 is 0 Å². The van der Waals surface area contributed by atoms with Crippen molar-refractivity contribution in [3.05, 3.63) is 23.0 Å². The zero-order chi connectivity index (χ0) is 15.4. The predicted molar refractivity (Wildman–Crippen MR) is 86.2 cm³/mol. The van der Waals surface area contributed by atoms with Crippen LogP contribution in [0.15, 0.2) is 6.07 Å². The van der Waals surface area contributed by atoms with E-state index in [2.05, 4.69) is 10.2 Å². The summed E-state index contributed by atoms with van der Waals surface area (Å²) in [6, 6.07) is 2.05. The highest BCUT2D eigenvalue weighted by Crippen LogP contribution is 2.25. The molecule has 1 aliphatic rings. The van der Waals surface area contributed by atoms with Crippen LogP contribution in [0.5, 0.6) is 0 Å². The molecule has 1 aromatic heterocycles. The maximum absolute atomic E-state index is 12.9. The van der Waals surface area contributed by atoms with E-state index in [1.165, 1.54) is 0 Å². The van der Waals surface area contributed by atoms with Gasteiger partial charge in [-0.1, -0.05) is 32.0 Å². The molecule has 0 bridgehead atoms. The molecule has 0 aliphatic heterocycles. The first-order chi connectivity index (χ1) is 10.0. The molecule has 0 saturated heterocycles. The molecule has 0 aromatic carbocycles. The van der Waals surface area contributed by atoms with E-state index in [0.717, 1.165) is 37.1 Å². The Hall–Kier alpha value is -1.56. The number of nitrogens with zero attached hydrogens (tertiary/aromatic N) is 3. The molecule has 114 valence electrons. The second kappa shape index (κ2) is 6.93. The molecule has 5 nitrogen and oxygen atoms in total. The molecular weight excluding hydrogens is 284 g/mol. The lowest BCUT2D eigenvalue weighted by Crippen LogP contribution is -2.44. The number of carbonyl (C=O) groups excluding carboxylic acids is 1. The standard InChI is InChI=1S/C15H22N4OS/c1-3-13-12(8-10(2)17-18-13)15(20)19(9-14(16)21)11-6-4-5-7-11/h8,11H,3-7,9H2,1-2H3,(H2,16,21). The Morgan fingerprint density at radius 1 is 1.43 bits per heavy atom. The van der Waals surface area contributed by atoms with E-state index >= 15 is 0 Å². The summed E-state index contributed by atoms with van der Waals surface area (Å²) in [5.74, 6) is -0.0236. The molecule has 2 N–H and O–H groups in total. The highest BCUT2D eigenvalue weighted by molar-refractivity contribution is 7.80. The van der Waals surface area contributed by atoms with E-state index in [1.807, 2.05) is 24.8 Å². The van der Waals surface area contributed by atoms with Crippen LogP contribution in [0, 0.1) is 6.92 Å². The summed E-state index contributed by atoms with van der Waals surface area (Å²) < 4.78 is 0. The number of aryl methyl sites for hydroxylation is 2. The fourth-order valence-electron chi connectivity index (χ4n) is 2.87. The molecule has 0 spiro atoms. The van der Waals surface area contributed by atoms with Crippen molar-refractivity contribution in [2.45, 2.75) is 52.0 Å². The zero-order valence-corrected chi connectivity index (χ0v) is 13.4. The van der Waals surface area contributed by atoms with E-state index in [0.29, 0.717) is 23.5 Å². The Balaban J connectivity index is 2.32. The molecular formula is C15H22N4OS. The van der Waals surface area contributed by atoms with Crippen LogP contribution in [0.2, 0.25) is 0 Å². The molecule has 6 heteroatoms. The van der Waals surface area contributed by atoms with Crippen LogP contribution in [-0.2, 0) is 6.42 Å². The topological polar surface area (TPSA) is 72.1 Å². The van der Waals surface area contributed by atoms with Crippen LogP contribution in [0.3, 0.4) is 0 Å². The van der Waals surface area contributed by atoms with Gasteiger partial charge in [-0.2, -0.15) is 10.2 Å². The summed E-state index contributed by atoms with van der Waals surface area (Å²) >= 11 is 5.02. The second-order valence-corrected chi connectivity index (χ2v) is 6.06. The van der Waals surface area contributed by atoms with Crippen molar-refractivity contribution in [2.75, 3.05) is 6.54 Å². The van der Waals surface area contributed by atoms with Gasteiger partial charge in [-0.05, 0) is 32.3 Å². The van der Waals surface area contributed by atoms with E-state index in [9.17, 15) is 4.79 Å². The third-order valence-electron chi connectivity index (χ3n) is 3.91. The van der Waals surface area contributed by atoms with E-state index in [4.69, 9.17) is 18.0 Å². The molecule has 1 amide bonds. The summed E-state index contributed by atoms with van der Waals surface area (Å²) in [5.41, 5.74) is 7.80. The molecule has 0 radical (unpaired) electrons. The zero-order valence-electron chi connectivity index (χ0n) is 12.6. The number of amides is 1. The third-order valence-corrected chi connectivity index (χ3v) is 4.04. The first-order valence-electron chi connectivity index (χ1n) is 7.45. The van der Waals surface area contributed by atoms with Gasteiger partial charge < -0.3 is 10.6 Å². The largest absolute Gasteiger partial charge is 0.392 e. The summed E-state index contributed by atoms with van der Waals surface area (Å²) in [7, 11) is 0. The quantitative estimate of drug-likeness (QED) is 0.843. The van der Waals surface area contributed by atoms with E-state index in [1.54, 1.807) is 0 Å². The van der Waals surface area contributed by atoms with Gasteiger partial charge in [0.05, 0.1) is 28.5 Å². The van der Waals surface area contributed by atoms with Gasteiger partial charge in [-0.3, -0.25) is 4.79 Å². The van der Waals surface area contributed by atoms with Gasteiger partial charge in [-0.15, -0.1) is 0 Å². The number of thiocarbonyl (C=S) groups is 1. The Bertz CT molecular complexity index is 540. The molecule has 21 heavy (non-hydrogen) atoms. The van der Waals surface area contributed by atoms with Crippen molar-refractivity contribution >= 4 is 23.1 Å².